The lowest BCUT2D eigenvalue weighted by Crippen LogP contribution is -2.21. The molecule has 92 valence electrons. The minimum absolute atomic E-state index is 0.0879. The number of benzene rings is 1. The Morgan fingerprint density at radius 3 is 2.71 bits per heavy atom. The predicted octanol–water partition coefficient (Wildman–Crippen LogP) is 3.42. The predicted molar refractivity (Wildman–Crippen MR) is 72.7 cm³/mol. The largest absolute Gasteiger partial charge is 0.493 e. The molecule has 2 nitrogen and oxygen atoms in total. The second kappa shape index (κ2) is 4.90. The molecule has 1 fully saturated rings. The summed E-state index contributed by atoms with van der Waals surface area (Å²) in [5.74, 6) is 0.222. The highest BCUT2D eigenvalue weighted by molar-refractivity contribution is 9.10. The Labute approximate surface area is 113 Å². The fraction of sp³-hybridized carbons (Fsp3) is 0.417. The topological polar surface area (TPSA) is 35.2 Å². The molecule has 0 spiro atoms. The molecular formula is C12H13BrFNOS. The van der Waals surface area contributed by atoms with Gasteiger partial charge in [0.2, 0.25) is 0 Å². The van der Waals surface area contributed by atoms with Crippen LogP contribution in [0.25, 0.3) is 0 Å². The summed E-state index contributed by atoms with van der Waals surface area (Å²) in [4.78, 5) is 0.520. The number of hydrogen-bond acceptors (Lipinski definition) is 2. The minimum Gasteiger partial charge on any atom is -0.493 e. The van der Waals surface area contributed by atoms with E-state index >= 15 is 0 Å². The van der Waals surface area contributed by atoms with E-state index in [1.807, 2.05) is 0 Å². The van der Waals surface area contributed by atoms with Gasteiger partial charge < -0.3 is 10.5 Å². The molecule has 0 atom stereocenters. The summed E-state index contributed by atoms with van der Waals surface area (Å²) in [6, 6.07) is 4.52. The molecule has 0 radical (unpaired) electrons. The van der Waals surface area contributed by atoms with Crippen molar-refractivity contribution in [3.63, 3.8) is 0 Å². The molecule has 17 heavy (non-hydrogen) atoms. The molecule has 0 amide bonds. The van der Waals surface area contributed by atoms with Crippen LogP contribution in [-0.4, -0.2) is 11.6 Å². The van der Waals surface area contributed by atoms with Gasteiger partial charge in [-0.2, -0.15) is 0 Å². The Kier molecular flexibility index (Phi) is 3.68. The molecule has 1 aliphatic carbocycles. The van der Waals surface area contributed by atoms with E-state index < -0.39 is 0 Å². The van der Waals surface area contributed by atoms with Gasteiger partial charge in [0, 0.05) is 22.4 Å². The average molecular weight is 318 g/mol. The molecule has 0 aromatic heterocycles. The summed E-state index contributed by atoms with van der Waals surface area (Å²) in [7, 11) is 0. The first-order chi connectivity index (χ1) is 7.99. The van der Waals surface area contributed by atoms with Crippen LogP contribution in [0.1, 0.15) is 19.3 Å². The van der Waals surface area contributed by atoms with E-state index in [9.17, 15) is 4.39 Å². The molecule has 0 unspecified atom stereocenters. The highest BCUT2D eigenvalue weighted by Gasteiger charge is 2.43. The van der Waals surface area contributed by atoms with E-state index in [0.717, 1.165) is 12.8 Å². The summed E-state index contributed by atoms with van der Waals surface area (Å²) in [5, 5.41) is 0. The summed E-state index contributed by atoms with van der Waals surface area (Å²) in [6.07, 6.45) is 2.85. The van der Waals surface area contributed by atoms with Crippen LogP contribution < -0.4 is 10.5 Å². The van der Waals surface area contributed by atoms with E-state index in [1.54, 1.807) is 6.07 Å². The third-order valence-corrected chi connectivity index (χ3v) is 3.49. The van der Waals surface area contributed by atoms with Crippen LogP contribution in [0.4, 0.5) is 4.39 Å². The second-order valence-corrected chi connectivity index (χ2v) is 5.98. The molecular weight excluding hydrogens is 305 g/mol. The smallest absolute Gasteiger partial charge is 0.128 e. The molecule has 1 saturated carbocycles. The van der Waals surface area contributed by atoms with Crippen LogP contribution >= 0.6 is 28.1 Å². The van der Waals surface area contributed by atoms with Crippen molar-refractivity contribution in [3.8, 4) is 5.75 Å². The highest BCUT2D eigenvalue weighted by Crippen LogP contribution is 2.49. The molecule has 0 heterocycles. The molecule has 2 rings (SSSR count). The van der Waals surface area contributed by atoms with Crippen molar-refractivity contribution in [2.24, 2.45) is 11.1 Å². The van der Waals surface area contributed by atoms with Crippen LogP contribution in [-0.2, 0) is 0 Å². The highest BCUT2D eigenvalue weighted by atomic mass is 79.9. The first kappa shape index (κ1) is 12.8. The normalized spacial score (nSPS) is 16.6. The Bertz CT molecular complexity index is 428. The summed E-state index contributed by atoms with van der Waals surface area (Å²) in [5.41, 5.74) is 5.63. The summed E-state index contributed by atoms with van der Waals surface area (Å²) >= 11 is 8.14. The number of thiocarbonyl (C=S) groups is 1. The maximum Gasteiger partial charge on any atom is 0.128 e. The van der Waals surface area contributed by atoms with Gasteiger partial charge in [-0.3, -0.25) is 0 Å². The van der Waals surface area contributed by atoms with Gasteiger partial charge in [0.25, 0.3) is 0 Å². The van der Waals surface area contributed by atoms with Crippen LogP contribution in [0.2, 0.25) is 0 Å². The third kappa shape index (κ3) is 3.64. The number of halogens is 2. The third-order valence-electron chi connectivity index (χ3n) is 2.89. The molecule has 5 heteroatoms. The van der Waals surface area contributed by atoms with Gasteiger partial charge in [-0.1, -0.05) is 28.1 Å². The van der Waals surface area contributed by atoms with Crippen molar-refractivity contribution < 1.29 is 9.13 Å². The standard InChI is InChI=1S/C12H13BrFNOS/c13-8-3-9(14)5-10(4-8)16-7-12(1-2-12)6-11(15)17/h3-5H,1-2,6-7H2,(H2,15,17). The van der Waals surface area contributed by atoms with Gasteiger partial charge in [0.05, 0.1) is 11.6 Å². The molecule has 2 N–H and O–H groups in total. The molecule has 0 bridgehead atoms. The second-order valence-electron chi connectivity index (χ2n) is 4.54. The van der Waals surface area contributed by atoms with Crippen molar-refractivity contribution in [2.45, 2.75) is 19.3 Å². The van der Waals surface area contributed by atoms with Crippen LogP contribution in [0.5, 0.6) is 5.75 Å². The number of hydrogen-bond donors (Lipinski definition) is 1. The summed E-state index contributed by atoms with van der Waals surface area (Å²) < 4.78 is 19.4. The maximum absolute atomic E-state index is 13.1. The van der Waals surface area contributed by atoms with Gasteiger partial charge in [0.15, 0.2) is 0 Å². The van der Waals surface area contributed by atoms with Crippen molar-refractivity contribution in [1.82, 2.24) is 0 Å². The molecule has 1 aromatic rings. The maximum atomic E-state index is 13.1. The minimum atomic E-state index is -0.312. The van der Waals surface area contributed by atoms with Gasteiger partial charge >= 0.3 is 0 Å². The number of ether oxygens (including phenoxy) is 1. The zero-order valence-electron chi connectivity index (χ0n) is 9.21. The molecule has 1 aromatic carbocycles. The Balaban J connectivity index is 1.96. The fourth-order valence-electron chi connectivity index (χ4n) is 1.77. The quantitative estimate of drug-likeness (QED) is 0.845. The zero-order chi connectivity index (χ0) is 12.5. The van der Waals surface area contributed by atoms with Gasteiger partial charge in [-0.15, -0.1) is 0 Å². The lowest BCUT2D eigenvalue weighted by molar-refractivity contribution is 0.238. The van der Waals surface area contributed by atoms with Gasteiger partial charge in [-0.05, 0) is 25.0 Å². The van der Waals surface area contributed by atoms with Gasteiger partial charge in [-0.25, -0.2) is 4.39 Å². The first-order valence-corrected chi connectivity index (χ1v) is 6.56. The number of nitrogens with two attached hydrogens (primary N) is 1. The van der Waals surface area contributed by atoms with Gasteiger partial charge in [0.1, 0.15) is 11.6 Å². The average Bonchev–Trinajstić information content (AvgIpc) is 2.93. The Morgan fingerprint density at radius 2 is 2.18 bits per heavy atom. The SMILES string of the molecule is NC(=S)CC1(COc2cc(F)cc(Br)c2)CC1. The van der Waals surface area contributed by atoms with E-state index in [-0.39, 0.29) is 11.2 Å². The van der Waals surface area contributed by atoms with E-state index in [2.05, 4.69) is 15.9 Å². The molecule has 0 aliphatic heterocycles. The van der Waals surface area contributed by atoms with Crippen molar-refractivity contribution in [3.05, 3.63) is 28.5 Å². The Morgan fingerprint density at radius 1 is 1.47 bits per heavy atom. The van der Waals surface area contributed by atoms with E-state index in [4.69, 9.17) is 22.7 Å². The van der Waals surface area contributed by atoms with Crippen molar-refractivity contribution in [1.29, 1.82) is 0 Å². The number of rotatable bonds is 5. The van der Waals surface area contributed by atoms with Crippen LogP contribution in [0, 0.1) is 11.2 Å². The van der Waals surface area contributed by atoms with Crippen molar-refractivity contribution in [2.75, 3.05) is 6.61 Å². The molecule has 1 aliphatic rings. The van der Waals surface area contributed by atoms with E-state index in [0.29, 0.717) is 28.2 Å². The fourth-order valence-corrected chi connectivity index (χ4v) is 2.52. The van der Waals surface area contributed by atoms with Crippen LogP contribution in [0.3, 0.4) is 0 Å². The van der Waals surface area contributed by atoms with Crippen molar-refractivity contribution >= 4 is 33.1 Å². The summed E-state index contributed by atoms with van der Waals surface area (Å²) in [6.45, 7) is 0.542. The lowest BCUT2D eigenvalue weighted by Gasteiger charge is -2.15. The zero-order valence-corrected chi connectivity index (χ0v) is 11.6. The molecule has 0 saturated heterocycles. The van der Waals surface area contributed by atoms with Crippen LogP contribution in [0.15, 0.2) is 22.7 Å². The lowest BCUT2D eigenvalue weighted by atomic mass is 10.0. The van der Waals surface area contributed by atoms with E-state index in [1.165, 1.54) is 12.1 Å². The monoisotopic (exact) mass is 317 g/mol. The first-order valence-electron chi connectivity index (χ1n) is 5.36. The Hall–Kier alpha value is -0.680.